The molecule has 5 nitrogen and oxygen atoms in total. The monoisotopic (exact) mass is 332 g/mol. The van der Waals surface area contributed by atoms with Gasteiger partial charge in [-0.3, -0.25) is 9.78 Å². The van der Waals surface area contributed by atoms with E-state index in [0.717, 1.165) is 22.8 Å². The highest BCUT2D eigenvalue weighted by atomic mass is 32.2. The molecule has 0 aliphatic rings. The second-order valence-corrected chi connectivity index (χ2v) is 6.58. The molecule has 0 saturated heterocycles. The van der Waals surface area contributed by atoms with E-state index in [2.05, 4.69) is 23.3 Å². The number of carbonyl (C=O) groups excluding carboxylic acids is 1. The fourth-order valence-electron chi connectivity index (χ4n) is 2.51. The van der Waals surface area contributed by atoms with Crippen LogP contribution < -0.4 is 4.90 Å². The summed E-state index contributed by atoms with van der Waals surface area (Å²) in [5.41, 5.74) is 2.63. The van der Waals surface area contributed by atoms with Crippen molar-refractivity contribution in [2.45, 2.75) is 27.2 Å². The lowest BCUT2D eigenvalue weighted by Crippen LogP contribution is -2.35. The Bertz CT molecular complexity index is 641. The van der Waals surface area contributed by atoms with Gasteiger partial charge < -0.3 is 4.90 Å². The van der Waals surface area contributed by atoms with E-state index in [4.69, 9.17) is 0 Å². The topological polar surface area (TPSA) is 51.0 Å². The zero-order valence-electron chi connectivity index (χ0n) is 14.2. The molecular weight excluding hydrogens is 308 g/mol. The van der Waals surface area contributed by atoms with Gasteiger partial charge >= 0.3 is 0 Å². The van der Waals surface area contributed by atoms with Crippen LogP contribution in [0.1, 0.15) is 26.0 Å². The first-order valence-electron chi connectivity index (χ1n) is 7.82. The highest BCUT2D eigenvalue weighted by Gasteiger charge is 2.21. The molecule has 0 aliphatic carbocycles. The summed E-state index contributed by atoms with van der Waals surface area (Å²) in [6, 6.07) is 3.83. The van der Waals surface area contributed by atoms with Crippen molar-refractivity contribution in [3.63, 3.8) is 0 Å². The second kappa shape index (κ2) is 8.15. The first kappa shape index (κ1) is 17.5. The number of aromatic nitrogens is 3. The maximum atomic E-state index is 12.4. The van der Waals surface area contributed by atoms with Crippen molar-refractivity contribution in [3.8, 4) is 5.69 Å². The van der Waals surface area contributed by atoms with Crippen LogP contribution in [0.4, 0.5) is 5.69 Å². The molecule has 0 fully saturated rings. The number of anilines is 1. The second-order valence-electron chi connectivity index (χ2n) is 5.67. The number of rotatable bonds is 7. The van der Waals surface area contributed by atoms with Crippen LogP contribution in [0.15, 0.2) is 30.7 Å². The lowest BCUT2D eigenvalue weighted by molar-refractivity contribution is -0.118. The summed E-state index contributed by atoms with van der Waals surface area (Å²) in [6.45, 7) is 6.73. The van der Waals surface area contributed by atoms with Gasteiger partial charge in [-0.05, 0) is 37.0 Å². The van der Waals surface area contributed by atoms with Crippen molar-refractivity contribution in [2.75, 3.05) is 23.5 Å². The lowest BCUT2D eigenvalue weighted by Gasteiger charge is -2.24. The predicted octanol–water partition coefficient (Wildman–Crippen LogP) is 3.32. The minimum Gasteiger partial charge on any atom is -0.309 e. The van der Waals surface area contributed by atoms with E-state index in [1.165, 1.54) is 0 Å². The van der Waals surface area contributed by atoms with Crippen molar-refractivity contribution < 1.29 is 4.79 Å². The predicted molar refractivity (Wildman–Crippen MR) is 96.3 cm³/mol. The van der Waals surface area contributed by atoms with Gasteiger partial charge in [-0.15, -0.1) is 0 Å². The van der Waals surface area contributed by atoms with Crippen LogP contribution in [0.25, 0.3) is 5.69 Å². The van der Waals surface area contributed by atoms with Gasteiger partial charge in [0.2, 0.25) is 5.91 Å². The first-order valence-corrected chi connectivity index (χ1v) is 9.22. The standard InChI is InChI=1S/C17H24N4OS/c1-5-17(22)20(10-13(2)12-23-4)16-11-21(19-14(16)3)15-7-6-8-18-9-15/h6-9,11,13H,5,10,12H2,1-4H3. The van der Waals surface area contributed by atoms with E-state index in [-0.39, 0.29) is 5.91 Å². The van der Waals surface area contributed by atoms with Crippen LogP contribution in [0.3, 0.4) is 0 Å². The Morgan fingerprint density at radius 3 is 2.87 bits per heavy atom. The number of hydrogen-bond acceptors (Lipinski definition) is 4. The normalized spacial score (nSPS) is 12.2. The number of nitrogens with zero attached hydrogens (tertiary/aromatic N) is 4. The third kappa shape index (κ3) is 4.34. The zero-order valence-corrected chi connectivity index (χ0v) is 15.0. The van der Waals surface area contributed by atoms with Crippen LogP contribution in [-0.2, 0) is 4.79 Å². The van der Waals surface area contributed by atoms with Gasteiger partial charge in [-0.2, -0.15) is 16.9 Å². The van der Waals surface area contributed by atoms with Gasteiger partial charge in [0.15, 0.2) is 0 Å². The van der Waals surface area contributed by atoms with E-state index in [1.807, 2.05) is 37.1 Å². The fraction of sp³-hybridized carbons (Fsp3) is 0.471. The fourth-order valence-corrected chi connectivity index (χ4v) is 3.19. The summed E-state index contributed by atoms with van der Waals surface area (Å²) in [5, 5.41) is 4.55. The van der Waals surface area contributed by atoms with Gasteiger partial charge in [0.05, 0.1) is 29.5 Å². The van der Waals surface area contributed by atoms with Crippen LogP contribution >= 0.6 is 11.8 Å². The Morgan fingerprint density at radius 2 is 2.26 bits per heavy atom. The van der Waals surface area contributed by atoms with Crippen molar-refractivity contribution in [3.05, 3.63) is 36.4 Å². The molecule has 23 heavy (non-hydrogen) atoms. The molecule has 0 bridgehead atoms. The van der Waals surface area contributed by atoms with Gasteiger partial charge in [-0.1, -0.05) is 13.8 Å². The number of thioether (sulfide) groups is 1. The van der Waals surface area contributed by atoms with Crippen LogP contribution in [-0.4, -0.2) is 39.2 Å². The number of pyridine rings is 1. The van der Waals surface area contributed by atoms with E-state index in [0.29, 0.717) is 18.9 Å². The molecule has 2 aromatic heterocycles. The van der Waals surface area contributed by atoms with Crippen molar-refractivity contribution >= 4 is 23.4 Å². The lowest BCUT2D eigenvalue weighted by atomic mass is 10.2. The minimum atomic E-state index is 0.131. The largest absolute Gasteiger partial charge is 0.309 e. The molecule has 0 aromatic carbocycles. The molecule has 2 aromatic rings. The summed E-state index contributed by atoms with van der Waals surface area (Å²) in [7, 11) is 0. The van der Waals surface area contributed by atoms with Gasteiger partial charge in [0.1, 0.15) is 0 Å². The van der Waals surface area contributed by atoms with E-state index < -0.39 is 0 Å². The molecule has 0 saturated carbocycles. The maximum Gasteiger partial charge on any atom is 0.226 e. The SMILES string of the molecule is CCC(=O)N(CC(C)CSC)c1cn(-c2cccnc2)nc1C. The van der Waals surface area contributed by atoms with Gasteiger partial charge in [-0.25, -0.2) is 4.68 Å². The third-order valence-corrected chi connectivity index (χ3v) is 4.53. The third-order valence-electron chi connectivity index (χ3n) is 3.62. The Labute approximate surface area is 142 Å². The molecule has 2 rings (SSSR count). The summed E-state index contributed by atoms with van der Waals surface area (Å²) in [6.07, 6.45) is 8.00. The number of aryl methyl sites for hydroxylation is 1. The molecule has 0 radical (unpaired) electrons. The average molecular weight is 332 g/mol. The van der Waals surface area contributed by atoms with Crippen molar-refractivity contribution in [1.82, 2.24) is 14.8 Å². The van der Waals surface area contributed by atoms with Gasteiger partial charge in [0, 0.05) is 19.2 Å². The molecule has 0 aliphatic heterocycles. The van der Waals surface area contributed by atoms with E-state index >= 15 is 0 Å². The van der Waals surface area contributed by atoms with E-state index in [1.54, 1.807) is 28.8 Å². The first-order chi connectivity index (χ1) is 11.1. The molecular formula is C17H24N4OS. The summed E-state index contributed by atoms with van der Waals surface area (Å²) in [4.78, 5) is 18.4. The average Bonchev–Trinajstić information content (AvgIpc) is 2.94. The molecule has 6 heteroatoms. The molecule has 1 atom stereocenters. The van der Waals surface area contributed by atoms with E-state index in [9.17, 15) is 4.79 Å². The molecule has 124 valence electrons. The Morgan fingerprint density at radius 1 is 1.48 bits per heavy atom. The van der Waals surface area contributed by atoms with Crippen LogP contribution in [0, 0.1) is 12.8 Å². The molecule has 1 amide bonds. The number of carbonyl (C=O) groups is 1. The summed E-state index contributed by atoms with van der Waals surface area (Å²) >= 11 is 1.81. The molecule has 0 N–H and O–H groups in total. The summed E-state index contributed by atoms with van der Waals surface area (Å²) in [5.74, 6) is 1.59. The Kier molecular flexibility index (Phi) is 6.21. The van der Waals surface area contributed by atoms with Crippen LogP contribution in [0.2, 0.25) is 0 Å². The minimum absolute atomic E-state index is 0.131. The number of hydrogen-bond donors (Lipinski definition) is 0. The van der Waals surface area contributed by atoms with Crippen LogP contribution in [0.5, 0.6) is 0 Å². The van der Waals surface area contributed by atoms with Crippen molar-refractivity contribution in [2.24, 2.45) is 5.92 Å². The molecule has 0 spiro atoms. The molecule has 2 heterocycles. The number of amides is 1. The zero-order chi connectivity index (χ0) is 16.8. The molecule has 1 unspecified atom stereocenters. The highest BCUT2D eigenvalue weighted by molar-refractivity contribution is 7.98. The Hall–Kier alpha value is -1.82. The summed E-state index contributed by atoms with van der Waals surface area (Å²) < 4.78 is 1.78. The van der Waals surface area contributed by atoms with Gasteiger partial charge in [0.25, 0.3) is 0 Å². The highest BCUT2D eigenvalue weighted by Crippen LogP contribution is 2.23. The Balaban J connectivity index is 2.31. The quantitative estimate of drug-likeness (QED) is 0.780. The van der Waals surface area contributed by atoms with Crippen molar-refractivity contribution in [1.29, 1.82) is 0 Å². The maximum absolute atomic E-state index is 12.4. The smallest absolute Gasteiger partial charge is 0.226 e.